The van der Waals surface area contributed by atoms with Crippen molar-refractivity contribution in [1.29, 1.82) is 0 Å². The van der Waals surface area contributed by atoms with Gasteiger partial charge in [-0.05, 0) is 13.8 Å². The Kier molecular flexibility index (Phi) is 4.23. The summed E-state index contributed by atoms with van der Waals surface area (Å²) in [5.74, 6) is 0. The number of rotatable bonds is 5. The minimum atomic E-state index is -3.64. The van der Waals surface area contributed by atoms with Crippen LogP contribution in [-0.4, -0.2) is 23.2 Å². The molecule has 8 heteroatoms. The molecule has 0 saturated carbocycles. The smallest absolute Gasteiger partial charge is 0.313 e. The number of hydrogen-bond donors (Lipinski definition) is 2. The molecule has 0 fully saturated rings. The summed E-state index contributed by atoms with van der Waals surface area (Å²) in [5, 5.41) is -0.198. The highest BCUT2D eigenvalue weighted by molar-refractivity contribution is 7.62. The highest BCUT2D eigenvalue weighted by atomic mass is 31.2. The Labute approximate surface area is 91.3 Å². The van der Waals surface area contributed by atoms with Gasteiger partial charge in [0.15, 0.2) is 0 Å². The lowest BCUT2D eigenvalue weighted by Crippen LogP contribution is -2.35. The largest absolute Gasteiger partial charge is 0.368 e. The summed E-state index contributed by atoms with van der Waals surface area (Å²) in [6.45, 7) is 3.53. The molecule has 2 N–H and O–H groups in total. The van der Waals surface area contributed by atoms with Gasteiger partial charge >= 0.3 is 13.3 Å². The quantitative estimate of drug-likeness (QED) is 0.711. The van der Waals surface area contributed by atoms with Gasteiger partial charge in [-0.25, -0.2) is 4.79 Å². The molecule has 7 nitrogen and oxygen atoms in total. The van der Waals surface area contributed by atoms with Crippen molar-refractivity contribution < 1.29 is 13.6 Å². The SMILES string of the molecule is CCOP(=O)(OCC)c1c[nH]c(=O)[nH]c1=O. The van der Waals surface area contributed by atoms with Crippen LogP contribution in [-0.2, 0) is 13.6 Å². The zero-order chi connectivity index (χ0) is 12.2. The molecule has 0 radical (unpaired) electrons. The number of hydrogen-bond acceptors (Lipinski definition) is 5. The van der Waals surface area contributed by atoms with Gasteiger partial charge in [0, 0.05) is 6.20 Å². The Morgan fingerprint density at radius 2 is 1.81 bits per heavy atom. The Hall–Kier alpha value is -1.17. The summed E-state index contributed by atoms with van der Waals surface area (Å²) in [6, 6.07) is 0. The average molecular weight is 248 g/mol. The number of H-pyrrole nitrogens is 2. The van der Waals surface area contributed by atoms with Crippen molar-refractivity contribution in [1.82, 2.24) is 9.97 Å². The molecule has 0 aliphatic heterocycles. The first-order valence-corrected chi connectivity index (χ1v) is 6.29. The molecule has 0 unspecified atom stereocenters. The molecule has 1 aromatic heterocycles. The number of nitrogens with one attached hydrogen (secondary N) is 2. The molecule has 1 rings (SSSR count). The maximum absolute atomic E-state index is 12.2. The molecule has 0 amide bonds. The molecule has 90 valence electrons. The van der Waals surface area contributed by atoms with Gasteiger partial charge in [-0.15, -0.1) is 0 Å². The highest BCUT2D eigenvalue weighted by Crippen LogP contribution is 2.45. The maximum Gasteiger partial charge on any atom is 0.368 e. The topological polar surface area (TPSA) is 101 Å². The fourth-order valence-electron chi connectivity index (χ4n) is 1.12. The van der Waals surface area contributed by atoms with E-state index in [9.17, 15) is 14.2 Å². The molecule has 0 saturated heterocycles. The van der Waals surface area contributed by atoms with E-state index in [2.05, 4.69) is 4.98 Å². The van der Waals surface area contributed by atoms with Crippen LogP contribution in [0.15, 0.2) is 15.8 Å². The Balaban J connectivity index is 3.26. The Morgan fingerprint density at radius 1 is 1.25 bits per heavy atom. The van der Waals surface area contributed by atoms with Crippen LogP contribution in [0.5, 0.6) is 0 Å². The van der Waals surface area contributed by atoms with Gasteiger partial charge in [-0.3, -0.25) is 14.3 Å². The van der Waals surface area contributed by atoms with Crippen molar-refractivity contribution in [3.63, 3.8) is 0 Å². The van der Waals surface area contributed by atoms with Crippen molar-refractivity contribution in [2.45, 2.75) is 13.8 Å². The van der Waals surface area contributed by atoms with Crippen molar-refractivity contribution in [2.75, 3.05) is 13.2 Å². The van der Waals surface area contributed by atoms with Crippen LogP contribution in [0.4, 0.5) is 0 Å². The normalized spacial score (nSPS) is 11.6. The van der Waals surface area contributed by atoms with Gasteiger partial charge in [0.25, 0.3) is 5.56 Å². The van der Waals surface area contributed by atoms with Crippen LogP contribution < -0.4 is 16.6 Å². The van der Waals surface area contributed by atoms with E-state index in [-0.39, 0.29) is 18.5 Å². The zero-order valence-electron chi connectivity index (χ0n) is 8.98. The van der Waals surface area contributed by atoms with Gasteiger partial charge < -0.3 is 14.0 Å². The van der Waals surface area contributed by atoms with Crippen molar-refractivity contribution in [3.8, 4) is 0 Å². The second kappa shape index (κ2) is 5.25. The van der Waals surface area contributed by atoms with E-state index in [0.29, 0.717) is 0 Å². The van der Waals surface area contributed by atoms with Gasteiger partial charge in [-0.1, -0.05) is 0 Å². The molecular formula is C8H13N2O5P. The Bertz CT molecular complexity index is 496. The van der Waals surface area contributed by atoms with Crippen molar-refractivity contribution in [2.24, 2.45) is 0 Å². The minimum absolute atomic E-state index is 0.135. The van der Waals surface area contributed by atoms with E-state index >= 15 is 0 Å². The van der Waals surface area contributed by atoms with Crippen LogP contribution in [0.3, 0.4) is 0 Å². The fourth-order valence-corrected chi connectivity index (χ4v) is 2.68. The third-order valence-electron chi connectivity index (χ3n) is 1.69. The molecule has 1 aromatic rings. The lowest BCUT2D eigenvalue weighted by atomic mass is 10.7. The first kappa shape index (κ1) is 12.9. The lowest BCUT2D eigenvalue weighted by Gasteiger charge is -2.15. The van der Waals surface area contributed by atoms with Crippen LogP contribution >= 0.6 is 7.60 Å². The molecule has 1 heterocycles. The monoisotopic (exact) mass is 248 g/mol. The first-order valence-electron chi connectivity index (χ1n) is 4.75. The van der Waals surface area contributed by atoms with Crippen LogP contribution in [0.2, 0.25) is 0 Å². The van der Waals surface area contributed by atoms with Gasteiger partial charge in [0.05, 0.1) is 13.2 Å². The van der Waals surface area contributed by atoms with E-state index in [4.69, 9.17) is 9.05 Å². The maximum atomic E-state index is 12.2. The summed E-state index contributed by atoms with van der Waals surface area (Å²) < 4.78 is 22.1. The molecule has 0 aliphatic carbocycles. The van der Waals surface area contributed by atoms with Gasteiger partial charge in [-0.2, -0.15) is 0 Å². The van der Waals surface area contributed by atoms with E-state index < -0.39 is 18.8 Å². The van der Waals surface area contributed by atoms with Crippen LogP contribution in [0, 0.1) is 0 Å². The third kappa shape index (κ3) is 2.69. The summed E-state index contributed by atoms with van der Waals surface area (Å²) in [5.41, 5.74) is -1.44. The second-order valence-corrected chi connectivity index (χ2v) is 4.78. The van der Waals surface area contributed by atoms with Crippen LogP contribution in [0.25, 0.3) is 0 Å². The third-order valence-corrected chi connectivity index (χ3v) is 3.81. The summed E-state index contributed by atoms with van der Waals surface area (Å²) in [6.07, 6.45) is 1.05. The predicted molar refractivity (Wildman–Crippen MR) is 58.2 cm³/mol. The minimum Gasteiger partial charge on any atom is -0.313 e. The zero-order valence-corrected chi connectivity index (χ0v) is 9.87. The van der Waals surface area contributed by atoms with E-state index in [1.165, 1.54) is 0 Å². The molecule has 0 aromatic carbocycles. The standard InChI is InChI=1S/C8H13N2O5P/c1-3-14-16(13,15-4-2)6-5-9-8(12)10-7(6)11/h5H,3-4H2,1-2H3,(H2,9,10,11,12). The molecule has 0 aliphatic rings. The number of aromatic nitrogens is 2. The Morgan fingerprint density at radius 3 is 2.25 bits per heavy atom. The van der Waals surface area contributed by atoms with Gasteiger partial charge in [0.1, 0.15) is 5.30 Å². The second-order valence-electron chi connectivity index (χ2n) is 2.79. The number of aromatic amines is 2. The fraction of sp³-hybridized carbons (Fsp3) is 0.500. The highest BCUT2D eigenvalue weighted by Gasteiger charge is 2.30. The van der Waals surface area contributed by atoms with Crippen molar-refractivity contribution in [3.05, 3.63) is 27.0 Å². The molecule has 0 atom stereocenters. The summed E-state index contributed by atoms with van der Waals surface area (Å²) >= 11 is 0. The molecular weight excluding hydrogens is 235 g/mol. The average Bonchev–Trinajstić information content (AvgIpc) is 2.17. The molecule has 0 spiro atoms. The summed E-state index contributed by atoms with van der Waals surface area (Å²) in [4.78, 5) is 26.4. The predicted octanol–water partition coefficient (Wildman–Crippen LogP) is -0.0454. The van der Waals surface area contributed by atoms with Crippen molar-refractivity contribution >= 4 is 12.9 Å². The van der Waals surface area contributed by atoms with Crippen LogP contribution in [0.1, 0.15) is 13.8 Å². The summed E-state index contributed by atoms with van der Waals surface area (Å²) in [7, 11) is -3.64. The first-order chi connectivity index (χ1) is 7.53. The molecule has 0 bridgehead atoms. The lowest BCUT2D eigenvalue weighted by molar-refractivity contribution is 0.229. The van der Waals surface area contributed by atoms with E-state index in [1.807, 2.05) is 4.98 Å². The van der Waals surface area contributed by atoms with E-state index in [1.54, 1.807) is 13.8 Å². The van der Waals surface area contributed by atoms with E-state index in [0.717, 1.165) is 6.20 Å². The molecule has 16 heavy (non-hydrogen) atoms. The van der Waals surface area contributed by atoms with Gasteiger partial charge in [0.2, 0.25) is 0 Å².